The highest BCUT2D eigenvalue weighted by atomic mass is 16.3. The van der Waals surface area contributed by atoms with Gasteiger partial charge in [-0.25, -0.2) is 0 Å². The molecule has 0 amide bonds. The van der Waals surface area contributed by atoms with Crippen molar-refractivity contribution in [1.29, 1.82) is 0 Å². The lowest BCUT2D eigenvalue weighted by molar-refractivity contribution is -0.168. The van der Waals surface area contributed by atoms with Crippen molar-refractivity contribution < 1.29 is 15.3 Å². The molecule has 7 atom stereocenters. The second-order valence-corrected chi connectivity index (χ2v) is 9.22. The number of rotatable bonds is 2. The third-order valence-corrected chi connectivity index (χ3v) is 8.40. The van der Waals surface area contributed by atoms with Gasteiger partial charge in [0, 0.05) is 23.4 Å². The number of aliphatic hydroxyl groups excluding tert-OH is 2. The van der Waals surface area contributed by atoms with E-state index in [1.165, 1.54) is 5.57 Å². The van der Waals surface area contributed by atoms with Crippen molar-refractivity contribution in [2.24, 2.45) is 28.6 Å². The highest BCUT2D eigenvalue weighted by Gasteiger charge is 2.65. The Morgan fingerprint density at radius 2 is 2.04 bits per heavy atom. The molecule has 0 radical (unpaired) electrons. The Bertz CT molecular complexity index is 582. The largest absolute Gasteiger partial charge is 0.396 e. The molecule has 0 unspecified atom stereocenters. The van der Waals surface area contributed by atoms with Crippen LogP contribution in [0.1, 0.15) is 58.8 Å². The zero-order valence-corrected chi connectivity index (χ0v) is 15.0. The fraction of sp³-hybridized carbons (Fsp3) is 0.810. The van der Waals surface area contributed by atoms with Crippen LogP contribution in [-0.2, 0) is 0 Å². The second-order valence-electron chi connectivity index (χ2n) is 9.22. The third-order valence-electron chi connectivity index (χ3n) is 8.40. The SMILES string of the molecule is C[C@]12C=CCC=C1CC[C@@H]1[C@@H]2[C@@H](O)C[C@@]2(C)[C@H]1CC[C@]2(O)CCO. The molecule has 134 valence electrons. The van der Waals surface area contributed by atoms with Crippen LogP contribution in [0.15, 0.2) is 23.8 Å². The maximum atomic E-state index is 11.3. The van der Waals surface area contributed by atoms with E-state index in [2.05, 4.69) is 32.1 Å². The minimum absolute atomic E-state index is 0.0143. The Hall–Kier alpha value is -0.640. The number of fused-ring (bicyclic) bond motifs is 5. The Balaban J connectivity index is 1.72. The fourth-order valence-corrected chi connectivity index (χ4v) is 7.16. The minimum Gasteiger partial charge on any atom is -0.396 e. The standard InChI is InChI=1S/C21H32O3/c1-19-9-4-3-5-14(19)6-7-15-16-8-10-21(24,11-12-22)20(16,2)13-17(23)18(15)19/h4-5,9,15-18,22-24H,3,6-8,10-13H2,1-2H3/t15-,16-,17-,18+,19-,20-,21-/m0/s1. The number of allylic oxidation sites excluding steroid dienone is 4. The number of hydrogen-bond acceptors (Lipinski definition) is 3. The Morgan fingerprint density at radius 1 is 1.25 bits per heavy atom. The predicted molar refractivity (Wildman–Crippen MR) is 94.3 cm³/mol. The zero-order chi connectivity index (χ0) is 17.2. The van der Waals surface area contributed by atoms with Crippen molar-refractivity contribution in [3.05, 3.63) is 23.8 Å². The summed E-state index contributed by atoms with van der Waals surface area (Å²) in [7, 11) is 0. The van der Waals surface area contributed by atoms with E-state index in [1.807, 2.05) is 0 Å². The Labute approximate surface area is 145 Å². The molecular weight excluding hydrogens is 300 g/mol. The summed E-state index contributed by atoms with van der Waals surface area (Å²) < 4.78 is 0. The molecular formula is C21H32O3. The highest BCUT2D eigenvalue weighted by Crippen LogP contribution is 2.67. The molecule has 0 spiro atoms. The summed E-state index contributed by atoms with van der Waals surface area (Å²) >= 11 is 0. The van der Waals surface area contributed by atoms with Gasteiger partial charge < -0.3 is 15.3 Å². The van der Waals surface area contributed by atoms with E-state index in [9.17, 15) is 15.3 Å². The molecule has 0 aromatic rings. The average molecular weight is 332 g/mol. The first-order valence-electron chi connectivity index (χ1n) is 9.74. The van der Waals surface area contributed by atoms with Crippen LogP contribution in [0, 0.1) is 28.6 Å². The van der Waals surface area contributed by atoms with E-state index in [4.69, 9.17) is 0 Å². The summed E-state index contributed by atoms with van der Waals surface area (Å²) in [5.74, 6) is 1.19. The maximum absolute atomic E-state index is 11.3. The number of aliphatic hydroxyl groups is 3. The summed E-state index contributed by atoms with van der Waals surface area (Å²) in [6.07, 6.45) is 12.8. The summed E-state index contributed by atoms with van der Waals surface area (Å²) in [5.41, 5.74) is 0.404. The van der Waals surface area contributed by atoms with Gasteiger partial charge in [0.15, 0.2) is 0 Å². The van der Waals surface area contributed by atoms with Crippen LogP contribution in [0.25, 0.3) is 0 Å². The smallest absolute Gasteiger partial charge is 0.0726 e. The van der Waals surface area contributed by atoms with Crippen molar-refractivity contribution in [1.82, 2.24) is 0 Å². The maximum Gasteiger partial charge on any atom is 0.0726 e. The van der Waals surface area contributed by atoms with E-state index < -0.39 is 5.60 Å². The van der Waals surface area contributed by atoms with Crippen molar-refractivity contribution in [2.75, 3.05) is 6.61 Å². The normalized spacial score (nSPS) is 53.1. The molecule has 0 saturated heterocycles. The van der Waals surface area contributed by atoms with Crippen LogP contribution in [0.2, 0.25) is 0 Å². The molecule has 0 aromatic heterocycles. The predicted octanol–water partition coefficient (Wildman–Crippen LogP) is 3.20. The van der Waals surface area contributed by atoms with Gasteiger partial charge in [0.05, 0.1) is 11.7 Å². The van der Waals surface area contributed by atoms with Crippen LogP contribution >= 0.6 is 0 Å². The highest BCUT2D eigenvalue weighted by molar-refractivity contribution is 5.32. The van der Waals surface area contributed by atoms with Gasteiger partial charge in [-0.1, -0.05) is 37.6 Å². The molecule has 3 heteroatoms. The van der Waals surface area contributed by atoms with Crippen LogP contribution in [-0.4, -0.2) is 33.6 Å². The molecule has 4 aliphatic carbocycles. The molecule has 4 aliphatic rings. The van der Waals surface area contributed by atoms with Crippen LogP contribution < -0.4 is 0 Å². The van der Waals surface area contributed by atoms with Gasteiger partial charge in [0.25, 0.3) is 0 Å². The van der Waals surface area contributed by atoms with Gasteiger partial charge in [0.1, 0.15) is 0 Å². The molecule has 0 heterocycles. The topological polar surface area (TPSA) is 60.7 Å². The molecule has 3 N–H and O–H groups in total. The summed E-state index contributed by atoms with van der Waals surface area (Å²) in [4.78, 5) is 0. The molecule has 24 heavy (non-hydrogen) atoms. The van der Waals surface area contributed by atoms with Crippen molar-refractivity contribution in [3.8, 4) is 0 Å². The fourth-order valence-electron chi connectivity index (χ4n) is 7.16. The second kappa shape index (κ2) is 5.43. The van der Waals surface area contributed by atoms with E-state index in [0.29, 0.717) is 24.7 Å². The van der Waals surface area contributed by atoms with Gasteiger partial charge in [0.2, 0.25) is 0 Å². The molecule has 4 rings (SSSR count). The van der Waals surface area contributed by atoms with Crippen LogP contribution in [0.4, 0.5) is 0 Å². The molecule has 3 nitrogen and oxygen atoms in total. The Kier molecular flexibility index (Phi) is 3.80. The van der Waals surface area contributed by atoms with Crippen molar-refractivity contribution >= 4 is 0 Å². The first kappa shape index (κ1) is 16.8. The van der Waals surface area contributed by atoms with Crippen LogP contribution in [0.5, 0.6) is 0 Å². The monoisotopic (exact) mass is 332 g/mol. The lowest BCUT2D eigenvalue weighted by atomic mass is 9.46. The molecule has 3 saturated carbocycles. The van der Waals surface area contributed by atoms with Gasteiger partial charge in [-0.05, 0) is 56.8 Å². The zero-order valence-electron chi connectivity index (χ0n) is 15.0. The lowest BCUT2D eigenvalue weighted by Gasteiger charge is -2.60. The summed E-state index contributed by atoms with van der Waals surface area (Å²) in [6.45, 7) is 4.51. The van der Waals surface area contributed by atoms with E-state index >= 15 is 0 Å². The minimum atomic E-state index is -0.822. The van der Waals surface area contributed by atoms with Gasteiger partial charge in [-0.3, -0.25) is 0 Å². The quantitative estimate of drug-likeness (QED) is 0.681. The van der Waals surface area contributed by atoms with Gasteiger partial charge >= 0.3 is 0 Å². The molecule has 0 aliphatic heterocycles. The molecule has 0 bridgehead atoms. The average Bonchev–Trinajstić information content (AvgIpc) is 2.78. The van der Waals surface area contributed by atoms with E-state index in [1.54, 1.807) is 0 Å². The van der Waals surface area contributed by atoms with Crippen LogP contribution in [0.3, 0.4) is 0 Å². The Morgan fingerprint density at radius 3 is 2.79 bits per heavy atom. The first-order valence-corrected chi connectivity index (χ1v) is 9.74. The summed E-state index contributed by atoms with van der Waals surface area (Å²) in [6, 6.07) is 0. The third kappa shape index (κ3) is 2.01. The lowest BCUT2D eigenvalue weighted by Crippen LogP contribution is -2.59. The van der Waals surface area contributed by atoms with Gasteiger partial charge in [-0.15, -0.1) is 0 Å². The van der Waals surface area contributed by atoms with Crippen molar-refractivity contribution in [3.63, 3.8) is 0 Å². The van der Waals surface area contributed by atoms with E-state index in [0.717, 1.165) is 32.1 Å². The van der Waals surface area contributed by atoms with Gasteiger partial charge in [-0.2, -0.15) is 0 Å². The summed E-state index contributed by atoms with van der Waals surface area (Å²) in [5, 5.41) is 31.9. The van der Waals surface area contributed by atoms with Crippen molar-refractivity contribution in [2.45, 2.75) is 70.5 Å². The molecule has 3 fully saturated rings. The van der Waals surface area contributed by atoms with E-state index in [-0.39, 0.29) is 29.5 Å². The number of hydrogen-bond donors (Lipinski definition) is 3. The molecule has 0 aromatic carbocycles. The first-order chi connectivity index (χ1) is 11.4.